The molecule has 0 fully saturated rings. The van der Waals surface area contributed by atoms with Crippen molar-refractivity contribution in [2.24, 2.45) is 0 Å². The first-order valence-corrected chi connectivity index (χ1v) is 7.53. The molecule has 1 aromatic carbocycles. The van der Waals surface area contributed by atoms with Gasteiger partial charge in [0.15, 0.2) is 0 Å². The van der Waals surface area contributed by atoms with Gasteiger partial charge < -0.3 is 10.6 Å². The lowest BCUT2D eigenvalue weighted by Crippen LogP contribution is -2.36. The topological polar surface area (TPSA) is 76.0 Å². The number of likely N-dealkylation sites (N-methyl/N-ethyl adjacent to an activating group) is 1. The molecule has 1 aromatic heterocycles. The maximum atomic E-state index is 12.3. The van der Waals surface area contributed by atoms with Gasteiger partial charge in [-0.2, -0.15) is 0 Å². The Morgan fingerprint density at radius 1 is 1.38 bits per heavy atom. The molecule has 0 saturated carbocycles. The van der Waals surface area contributed by atoms with Crippen molar-refractivity contribution in [2.45, 2.75) is 13.5 Å². The average molecular weight is 353 g/mol. The standard InChI is InChI=1S/C14H17BrN4O2/c1-2-16-5-6-17-13(20)8-19-9-18-12-4-3-10(15)7-11(12)14(19)21/h3-4,7,9,16H,2,5-6,8H2,1H3,(H,17,20). The Bertz CT molecular complexity index is 699. The summed E-state index contributed by atoms with van der Waals surface area (Å²) < 4.78 is 2.12. The Balaban J connectivity index is 2.10. The van der Waals surface area contributed by atoms with Crippen LogP contribution in [-0.2, 0) is 11.3 Å². The second-order valence-corrected chi connectivity index (χ2v) is 5.46. The highest BCUT2D eigenvalue weighted by molar-refractivity contribution is 9.10. The van der Waals surface area contributed by atoms with Gasteiger partial charge in [0.25, 0.3) is 5.56 Å². The maximum absolute atomic E-state index is 12.3. The van der Waals surface area contributed by atoms with Gasteiger partial charge in [0.2, 0.25) is 5.91 Å². The van der Waals surface area contributed by atoms with E-state index in [-0.39, 0.29) is 18.0 Å². The zero-order chi connectivity index (χ0) is 15.2. The van der Waals surface area contributed by atoms with Gasteiger partial charge in [-0.3, -0.25) is 14.2 Å². The normalized spacial score (nSPS) is 10.8. The van der Waals surface area contributed by atoms with Crippen molar-refractivity contribution in [1.82, 2.24) is 20.2 Å². The number of amides is 1. The molecule has 0 bridgehead atoms. The highest BCUT2D eigenvalue weighted by Gasteiger charge is 2.08. The van der Waals surface area contributed by atoms with Crippen molar-refractivity contribution in [3.63, 3.8) is 0 Å². The summed E-state index contributed by atoms with van der Waals surface area (Å²) in [6, 6.07) is 5.30. The van der Waals surface area contributed by atoms with Crippen molar-refractivity contribution in [1.29, 1.82) is 0 Å². The van der Waals surface area contributed by atoms with Crippen LogP contribution in [0.5, 0.6) is 0 Å². The molecule has 2 rings (SSSR count). The summed E-state index contributed by atoms with van der Waals surface area (Å²) in [4.78, 5) is 28.3. The Morgan fingerprint density at radius 3 is 2.95 bits per heavy atom. The largest absolute Gasteiger partial charge is 0.353 e. The second kappa shape index (κ2) is 7.33. The number of halogens is 1. The van der Waals surface area contributed by atoms with E-state index in [1.165, 1.54) is 10.9 Å². The Kier molecular flexibility index (Phi) is 5.46. The highest BCUT2D eigenvalue weighted by atomic mass is 79.9. The van der Waals surface area contributed by atoms with E-state index in [0.717, 1.165) is 11.0 Å². The number of benzene rings is 1. The van der Waals surface area contributed by atoms with E-state index in [2.05, 4.69) is 31.5 Å². The number of rotatable bonds is 6. The van der Waals surface area contributed by atoms with Crippen LogP contribution in [0.4, 0.5) is 0 Å². The van der Waals surface area contributed by atoms with Crippen LogP contribution in [0, 0.1) is 0 Å². The van der Waals surface area contributed by atoms with Crippen LogP contribution in [0.15, 0.2) is 33.8 Å². The predicted molar refractivity (Wildman–Crippen MR) is 85.3 cm³/mol. The van der Waals surface area contributed by atoms with Crippen LogP contribution >= 0.6 is 15.9 Å². The Hall–Kier alpha value is -1.73. The van der Waals surface area contributed by atoms with Crippen LogP contribution in [0.3, 0.4) is 0 Å². The molecule has 0 spiro atoms. The number of carbonyl (C=O) groups excluding carboxylic acids is 1. The average Bonchev–Trinajstić information content (AvgIpc) is 2.47. The smallest absolute Gasteiger partial charge is 0.261 e. The molecule has 0 atom stereocenters. The lowest BCUT2D eigenvalue weighted by molar-refractivity contribution is -0.121. The molecule has 2 N–H and O–H groups in total. The zero-order valence-electron chi connectivity index (χ0n) is 11.7. The first-order chi connectivity index (χ1) is 10.1. The van der Waals surface area contributed by atoms with Crippen molar-refractivity contribution in [3.8, 4) is 0 Å². The van der Waals surface area contributed by atoms with Crippen LogP contribution in [-0.4, -0.2) is 35.1 Å². The number of fused-ring (bicyclic) bond motifs is 1. The van der Waals surface area contributed by atoms with Crippen LogP contribution < -0.4 is 16.2 Å². The van der Waals surface area contributed by atoms with Crippen molar-refractivity contribution in [3.05, 3.63) is 39.4 Å². The van der Waals surface area contributed by atoms with Gasteiger partial charge in [-0.1, -0.05) is 22.9 Å². The monoisotopic (exact) mass is 352 g/mol. The minimum Gasteiger partial charge on any atom is -0.353 e. The van der Waals surface area contributed by atoms with Crippen molar-refractivity contribution >= 4 is 32.7 Å². The number of hydrogen-bond acceptors (Lipinski definition) is 4. The molecule has 1 heterocycles. The van der Waals surface area contributed by atoms with E-state index < -0.39 is 0 Å². The molecule has 0 aliphatic rings. The summed E-state index contributed by atoms with van der Waals surface area (Å²) in [5, 5.41) is 6.36. The zero-order valence-corrected chi connectivity index (χ0v) is 13.3. The summed E-state index contributed by atoms with van der Waals surface area (Å²) >= 11 is 3.33. The fraction of sp³-hybridized carbons (Fsp3) is 0.357. The first-order valence-electron chi connectivity index (χ1n) is 6.74. The van der Waals surface area contributed by atoms with Gasteiger partial charge in [-0.05, 0) is 24.7 Å². The van der Waals surface area contributed by atoms with Gasteiger partial charge in [-0.25, -0.2) is 4.98 Å². The fourth-order valence-corrected chi connectivity index (χ4v) is 2.28. The third-order valence-corrected chi connectivity index (χ3v) is 3.47. The Labute approximate surface area is 130 Å². The summed E-state index contributed by atoms with van der Waals surface area (Å²) in [7, 11) is 0. The molecule has 0 unspecified atom stereocenters. The number of nitrogens with one attached hydrogen (secondary N) is 2. The third-order valence-electron chi connectivity index (χ3n) is 2.97. The third kappa shape index (κ3) is 4.12. The molecule has 21 heavy (non-hydrogen) atoms. The first kappa shape index (κ1) is 15.7. The number of hydrogen-bond donors (Lipinski definition) is 2. The van der Waals surface area contributed by atoms with Crippen LogP contribution in [0.25, 0.3) is 10.9 Å². The molecular formula is C14H17BrN4O2. The molecule has 112 valence electrons. The number of carbonyl (C=O) groups is 1. The molecule has 1 amide bonds. The molecule has 0 saturated heterocycles. The van der Waals surface area contributed by atoms with Crippen LogP contribution in [0.1, 0.15) is 6.92 Å². The summed E-state index contributed by atoms with van der Waals surface area (Å²) in [5.74, 6) is -0.203. The highest BCUT2D eigenvalue weighted by Crippen LogP contribution is 2.14. The molecular weight excluding hydrogens is 336 g/mol. The minimum absolute atomic E-state index is 0.0274. The number of aromatic nitrogens is 2. The van der Waals surface area contributed by atoms with E-state index in [9.17, 15) is 9.59 Å². The Morgan fingerprint density at radius 2 is 2.19 bits per heavy atom. The molecule has 0 aliphatic carbocycles. The molecule has 6 nitrogen and oxygen atoms in total. The van der Waals surface area contributed by atoms with E-state index in [4.69, 9.17) is 0 Å². The lowest BCUT2D eigenvalue weighted by Gasteiger charge is -2.08. The number of nitrogens with zero attached hydrogens (tertiary/aromatic N) is 2. The SMILES string of the molecule is CCNCCNC(=O)Cn1cnc2ccc(Br)cc2c1=O. The van der Waals surface area contributed by atoms with Gasteiger partial charge in [-0.15, -0.1) is 0 Å². The molecule has 7 heteroatoms. The molecule has 2 aromatic rings. The summed E-state index contributed by atoms with van der Waals surface area (Å²) in [6.07, 6.45) is 1.41. The summed E-state index contributed by atoms with van der Waals surface area (Å²) in [6.45, 7) is 4.08. The maximum Gasteiger partial charge on any atom is 0.261 e. The van der Waals surface area contributed by atoms with Crippen molar-refractivity contribution in [2.75, 3.05) is 19.6 Å². The van der Waals surface area contributed by atoms with E-state index in [1.807, 2.05) is 13.0 Å². The fourth-order valence-electron chi connectivity index (χ4n) is 1.92. The van der Waals surface area contributed by atoms with Gasteiger partial charge >= 0.3 is 0 Å². The van der Waals surface area contributed by atoms with Gasteiger partial charge in [0.1, 0.15) is 6.54 Å². The van der Waals surface area contributed by atoms with E-state index >= 15 is 0 Å². The van der Waals surface area contributed by atoms with Crippen molar-refractivity contribution < 1.29 is 4.79 Å². The van der Waals surface area contributed by atoms with E-state index in [0.29, 0.717) is 24.0 Å². The molecule has 0 radical (unpaired) electrons. The van der Waals surface area contributed by atoms with Gasteiger partial charge in [0, 0.05) is 17.6 Å². The van der Waals surface area contributed by atoms with Crippen LogP contribution in [0.2, 0.25) is 0 Å². The second-order valence-electron chi connectivity index (χ2n) is 4.54. The van der Waals surface area contributed by atoms with E-state index in [1.54, 1.807) is 12.1 Å². The quantitative estimate of drug-likeness (QED) is 0.757. The van der Waals surface area contributed by atoms with Gasteiger partial charge in [0.05, 0.1) is 17.2 Å². The predicted octanol–water partition coefficient (Wildman–Crippen LogP) is 0.885. The lowest BCUT2D eigenvalue weighted by atomic mass is 10.2. The minimum atomic E-state index is -0.219. The summed E-state index contributed by atoms with van der Waals surface area (Å²) in [5.41, 5.74) is 0.398. The molecule has 0 aliphatic heterocycles.